The maximum absolute atomic E-state index is 14.4. The van der Waals surface area contributed by atoms with E-state index in [-0.39, 0.29) is 16.8 Å². The van der Waals surface area contributed by atoms with Gasteiger partial charge in [0.05, 0.1) is 30.5 Å². The Kier molecular flexibility index (Phi) is 12.1. The van der Waals surface area contributed by atoms with E-state index < -0.39 is 16.4 Å². The lowest BCUT2D eigenvalue weighted by Gasteiger charge is -2.47. The standard InChI is InChI=1S/C42H45N5O6S/c1-31-38(43-30-48)42(39(49)53-3,35-17-19-36(20-18-35)47(50)51)46(40(44-31)54-29-32-15-21-37(52-2)22-16-32)26-10-25-45-27-23-41(24-28-45,33-11-6-4-7-12-33)34-13-8-5-9-14-34/h4-9,11-22,30H,10,23-29H2,1-3H3,(H,43,48). The molecule has 12 heteroatoms. The number of nitro groups is 1. The summed E-state index contributed by atoms with van der Waals surface area (Å²) in [5.74, 6) is 0.633. The second-order valence-electron chi connectivity index (χ2n) is 13.4. The van der Waals surface area contributed by atoms with Crippen LogP contribution in [0.4, 0.5) is 5.69 Å². The van der Waals surface area contributed by atoms with Crippen LogP contribution in [0.3, 0.4) is 0 Å². The number of carbonyl (C=O) groups excluding carboxylic acids is 2. The monoisotopic (exact) mass is 747 g/mol. The molecule has 11 nitrogen and oxygen atoms in total. The third-order valence-corrected chi connectivity index (χ3v) is 11.6. The van der Waals surface area contributed by atoms with Crippen LogP contribution in [0.1, 0.15) is 48.4 Å². The minimum atomic E-state index is -1.68. The van der Waals surface area contributed by atoms with Crippen LogP contribution in [0.2, 0.25) is 0 Å². The maximum atomic E-state index is 14.4. The van der Waals surface area contributed by atoms with E-state index in [9.17, 15) is 19.7 Å². The smallest absolute Gasteiger partial charge is 0.342 e. The molecule has 0 saturated carbocycles. The molecule has 6 rings (SSSR count). The summed E-state index contributed by atoms with van der Waals surface area (Å²) in [7, 11) is 2.92. The van der Waals surface area contributed by atoms with Crippen molar-refractivity contribution in [1.29, 1.82) is 0 Å². The quantitative estimate of drug-likeness (QED) is 0.0627. The number of thioether (sulfide) groups is 1. The second kappa shape index (κ2) is 17.1. The summed E-state index contributed by atoms with van der Waals surface area (Å²) in [5, 5.41) is 15.0. The number of non-ortho nitro benzene ring substituents is 1. The van der Waals surface area contributed by atoms with E-state index in [1.807, 2.05) is 29.2 Å². The maximum Gasteiger partial charge on any atom is 0.342 e. The summed E-state index contributed by atoms with van der Waals surface area (Å²) in [6.07, 6.45) is 3.09. The molecule has 1 amide bonds. The van der Waals surface area contributed by atoms with Crippen LogP contribution in [-0.2, 0) is 31.0 Å². The number of carbonyl (C=O) groups is 2. The van der Waals surface area contributed by atoms with Crippen molar-refractivity contribution in [3.8, 4) is 5.75 Å². The van der Waals surface area contributed by atoms with E-state index in [1.54, 1.807) is 26.2 Å². The zero-order chi connectivity index (χ0) is 38.1. The Labute approximate surface area is 320 Å². The summed E-state index contributed by atoms with van der Waals surface area (Å²) in [6, 6.07) is 35.1. The van der Waals surface area contributed by atoms with Gasteiger partial charge in [0.2, 0.25) is 11.9 Å². The van der Waals surface area contributed by atoms with Crippen LogP contribution < -0.4 is 10.1 Å². The van der Waals surface area contributed by atoms with E-state index in [1.165, 1.54) is 42.1 Å². The third kappa shape index (κ3) is 7.62. The zero-order valence-corrected chi connectivity index (χ0v) is 31.6. The number of likely N-dealkylation sites (tertiary alicyclic amines) is 1. The molecule has 0 aliphatic carbocycles. The molecule has 1 N–H and O–H groups in total. The number of hydrogen-bond donors (Lipinski definition) is 1. The molecule has 280 valence electrons. The number of nitrogens with one attached hydrogen (secondary N) is 1. The van der Waals surface area contributed by atoms with Crippen molar-refractivity contribution in [3.05, 3.63) is 153 Å². The number of piperidine rings is 1. The van der Waals surface area contributed by atoms with Gasteiger partial charge < -0.3 is 24.6 Å². The van der Waals surface area contributed by atoms with Crippen LogP contribution >= 0.6 is 11.8 Å². The average molecular weight is 748 g/mol. The Morgan fingerprint density at radius 2 is 1.50 bits per heavy atom. The molecule has 1 atom stereocenters. The summed E-state index contributed by atoms with van der Waals surface area (Å²) < 4.78 is 10.9. The molecule has 2 aliphatic rings. The van der Waals surface area contributed by atoms with Crippen LogP contribution in [0.15, 0.2) is 126 Å². The lowest BCUT2D eigenvalue weighted by atomic mass is 9.68. The number of allylic oxidation sites excluding steroid dienone is 1. The van der Waals surface area contributed by atoms with Crippen LogP contribution in [0, 0.1) is 10.1 Å². The molecule has 4 aromatic rings. The minimum Gasteiger partial charge on any atom is -0.497 e. The van der Waals surface area contributed by atoms with Crippen molar-refractivity contribution in [3.63, 3.8) is 0 Å². The van der Waals surface area contributed by atoms with Gasteiger partial charge in [-0.3, -0.25) is 14.9 Å². The van der Waals surface area contributed by atoms with E-state index in [2.05, 4.69) is 70.9 Å². The molecule has 4 aromatic carbocycles. The Morgan fingerprint density at radius 1 is 0.889 bits per heavy atom. The van der Waals surface area contributed by atoms with Crippen molar-refractivity contribution in [1.82, 2.24) is 15.1 Å². The number of benzene rings is 4. The summed E-state index contributed by atoms with van der Waals surface area (Å²) in [4.78, 5) is 47.0. The highest BCUT2D eigenvalue weighted by Crippen LogP contribution is 2.45. The molecule has 2 aliphatic heterocycles. The van der Waals surface area contributed by atoms with Gasteiger partial charge in [0.1, 0.15) is 5.75 Å². The largest absolute Gasteiger partial charge is 0.497 e. The van der Waals surface area contributed by atoms with Crippen molar-refractivity contribution >= 4 is 35.0 Å². The van der Waals surface area contributed by atoms with Gasteiger partial charge in [-0.2, -0.15) is 0 Å². The SMILES string of the molecule is COC(=O)C1(c2ccc([N+](=O)[O-])cc2)C(NC=O)=C(C)N=C(SCc2ccc(OC)cc2)N1CCCN1CCC(c2ccccc2)(c2ccccc2)CC1. The third-order valence-electron chi connectivity index (χ3n) is 10.5. The lowest BCUT2D eigenvalue weighted by Crippen LogP contribution is -2.60. The van der Waals surface area contributed by atoms with E-state index in [0.717, 1.165) is 43.8 Å². The number of methoxy groups -OCH3 is 2. The van der Waals surface area contributed by atoms with Gasteiger partial charge in [-0.1, -0.05) is 84.6 Å². The van der Waals surface area contributed by atoms with Crippen LogP contribution in [0.25, 0.3) is 0 Å². The molecule has 1 unspecified atom stereocenters. The predicted octanol–water partition coefficient (Wildman–Crippen LogP) is 7.03. The fourth-order valence-corrected chi connectivity index (χ4v) is 8.86. The average Bonchev–Trinajstić information content (AvgIpc) is 3.22. The number of esters is 1. The molecular weight excluding hydrogens is 703 g/mol. The van der Waals surface area contributed by atoms with Crippen molar-refractivity contribution in [2.75, 3.05) is 40.4 Å². The van der Waals surface area contributed by atoms with Gasteiger partial charge in [-0.25, -0.2) is 9.79 Å². The number of aliphatic imine (C=N–C) groups is 1. The number of amidine groups is 1. The molecular formula is C42H45N5O6S. The highest BCUT2D eigenvalue weighted by atomic mass is 32.2. The van der Waals surface area contributed by atoms with Gasteiger partial charge in [0.25, 0.3) is 5.69 Å². The van der Waals surface area contributed by atoms with Crippen molar-refractivity contribution < 1.29 is 24.0 Å². The topological polar surface area (TPSA) is 127 Å². The highest BCUT2D eigenvalue weighted by Gasteiger charge is 2.54. The van der Waals surface area contributed by atoms with Crippen LogP contribution in [0.5, 0.6) is 5.75 Å². The molecule has 2 heterocycles. The fourth-order valence-electron chi connectivity index (χ4n) is 7.78. The van der Waals surface area contributed by atoms with Gasteiger partial charge in [0, 0.05) is 29.8 Å². The first-order chi connectivity index (χ1) is 26.3. The number of nitrogens with zero attached hydrogens (tertiary/aromatic N) is 4. The van der Waals surface area contributed by atoms with E-state index in [4.69, 9.17) is 14.5 Å². The van der Waals surface area contributed by atoms with Gasteiger partial charge in [-0.05, 0) is 92.3 Å². The number of rotatable bonds is 14. The van der Waals surface area contributed by atoms with Crippen LogP contribution in [-0.4, -0.2) is 72.7 Å². The van der Waals surface area contributed by atoms with Gasteiger partial charge >= 0.3 is 5.97 Å². The zero-order valence-electron chi connectivity index (χ0n) is 30.8. The number of ether oxygens (including phenoxy) is 2. The Hall–Kier alpha value is -5.46. The highest BCUT2D eigenvalue weighted by molar-refractivity contribution is 8.13. The Morgan fingerprint density at radius 3 is 2.04 bits per heavy atom. The molecule has 54 heavy (non-hydrogen) atoms. The predicted molar refractivity (Wildman–Crippen MR) is 211 cm³/mol. The summed E-state index contributed by atoms with van der Waals surface area (Å²) in [6.45, 7) is 4.64. The second-order valence-corrected chi connectivity index (χ2v) is 14.4. The first kappa shape index (κ1) is 38.3. The van der Waals surface area contributed by atoms with Gasteiger partial charge in [0.15, 0.2) is 5.17 Å². The molecule has 0 radical (unpaired) electrons. The fraction of sp³-hybridized carbons (Fsp3) is 0.310. The van der Waals surface area contributed by atoms with E-state index >= 15 is 0 Å². The molecule has 0 aromatic heterocycles. The molecule has 1 fully saturated rings. The first-order valence-corrected chi connectivity index (χ1v) is 19.0. The minimum absolute atomic E-state index is 0.0858. The first-order valence-electron chi connectivity index (χ1n) is 18.0. The lowest BCUT2D eigenvalue weighted by molar-refractivity contribution is -0.384. The van der Waals surface area contributed by atoms with Gasteiger partial charge in [-0.15, -0.1) is 0 Å². The van der Waals surface area contributed by atoms with E-state index in [0.29, 0.717) is 41.6 Å². The Balaban J connectivity index is 1.31. The number of amides is 1. The Bertz CT molecular complexity index is 1940. The van der Waals surface area contributed by atoms with Crippen molar-refractivity contribution in [2.24, 2.45) is 4.99 Å². The van der Waals surface area contributed by atoms with Crippen molar-refractivity contribution in [2.45, 2.75) is 42.9 Å². The summed E-state index contributed by atoms with van der Waals surface area (Å²) in [5.41, 5.74) is 2.85. The molecule has 0 spiro atoms. The summed E-state index contributed by atoms with van der Waals surface area (Å²) >= 11 is 1.47. The number of hydrogen-bond acceptors (Lipinski definition) is 10. The molecule has 0 bridgehead atoms. The normalized spacial score (nSPS) is 18.4. The molecule has 1 saturated heterocycles. The number of nitro benzene ring substituents is 1.